The van der Waals surface area contributed by atoms with E-state index in [0.717, 1.165) is 28.7 Å². The summed E-state index contributed by atoms with van der Waals surface area (Å²) in [6.45, 7) is 2.53. The number of nitrogens with zero attached hydrogens (tertiary/aromatic N) is 1. The van der Waals surface area contributed by atoms with Gasteiger partial charge in [-0.25, -0.2) is 0 Å². The molecule has 0 aromatic carbocycles. The van der Waals surface area contributed by atoms with Crippen molar-refractivity contribution >= 4 is 41.3 Å². The molecule has 1 amide bonds. The average Bonchev–Trinajstić information content (AvgIpc) is 3.04. The topological polar surface area (TPSA) is 32.3 Å². The lowest BCUT2D eigenvalue weighted by atomic mass is 9.67. The number of hydrogen-bond acceptors (Lipinski definition) is 3. The van der Waals surface area contributed by atoms with Crippen LogP contribution in [0.4, 0.5) is 0 Å². The van der Waals surface area contributed by atoms with Crippen LogP contribution in [0.2, 0.25) is 4.34 Å². The number of thiophene rings is 1. The van der Waals surface area contributed by atoms with Gasteiger partial charge < -0.3 is 10.2 Å². The second-order valence-electron chi connectivity index (χ2n) is 6.10. The molecule has 2 aliphatic rings. The summed E-state index contributed by atoms with van der Waals surface area (Å²) >= 11 is 7.52. The lowest BCUT2D eigenvalue weighted by molar-refractivity contribution is -0.144. The summed E-state index contributed by atoms with van der Waals surface area (Å²) in [5.41, 5.74) is -0.145. The molecule has 3 nitrogen and oxygen atoms in total. The van der Waals surface area contributed by atoms with Gasteiger partial charge in [-0.2, -0.15) is 0 Å². The van der Waals surface area contributed by atoms with E-state index in [1.165, 1.54) is 19.3 Å². The molecule has 1 N–H and O–H groups in total. The van der Waals surface area contributed by atoms with Crippen LogP contribution in [0.15, 0.2) is 12.1 Å². The van der Waals surface area contributed by atoms with Gasteiger partial charge in [0.15, 0.2) is 0 Å². The van der Waals surface area contributed by atoms with Crippen molar-refractivity contribution in [2.45, 2.75) is 32.2 Å². The Morgan fingerprint density at radius 1 is 1.52 bits per heavy atom. The van der Waals surface area contributed by atoms with Gasteiger partial charge in [-0.1, -0.05) is 24.4 Å². The molecule has 118 valence electrons. The van der Waals surface area contributed by atoms with E-state index in [1.807, 2.05) is 24.1 Å². The maximum Gasteiger partial charge on any atom is 0.230 e. The third kappa shape index (κ3) is 3.24. The average molecular weight is 349 g/mol. The Morgan fingerprint density at radius 3 is 3.05 bits per heavy atom. The molecule has 21 heavy (non-hydrogen) atoms. The number of hydrogen-bond donors (Lipinski definition) is 1. The van der Waals surface area contributed by atoms with Crippen molar-refractivity contribution < 1.29 is 4.79 Å². The zero-order valence-electron chi connectivity index (χ0n) is 12.2. The van der Waals surface area contributed by atoms with Crippen LogP contribution < -0.4 is 5.32 Å². The predicted octanol–water partition coefficient (Wildman–Crippen LogP) is 3.56. The fourth-order valence-corrected chi connectivity index (χ4v) is 4.93. The molecule has 6 heteroatoms. The summed E-state index contributed by atoms with van der Waals surface area (Å²) in [5.74, 6) is 0.842. The molecule has 1 saturated heterocycles. The van der Waals surface area contributed by atoms with Gasteiger partial charge in [-0.15, -0.1) is 23.7 Å². The predicted molar refractivity (Wildman–Crippen MR) is 90.3 cm³/mol. The Kier molecular flexibility index (Phi) is 5.58. The van der Waals surface area contributed by atoms with Gasteiger partial charge in [0.1, 0.15) is 0 Å². The zero-order valence-corrected chi connectivity index (χ0v) is 14.6. The van der Waals surface area contributed by atoms with Gasteiger partial charge in [-0.3, -0.25) is 4.79 Å². The highest BCUT2D eigenvalue weighted by molar-refractivity contribution is 7.16. The van der Waals surface area contributed by atoms with Crippen LogP contribution in [0.3, 0.4) is 0 Å². The Balaban J connectivity index is 0.00000161. The number of amides is 1. The molecular weight excluding hydrogens is 327 g/mol. The third-order valence-corrected chi connectivity index (χ3v) is 6.05. The number of carbonyl (C=O) groups is 1. The summed E-state index contributed by atoms with van der Waals surface area (Å²) < 4.78 is 0.789. The lowest BCUT2D eigenvalue weighted by Crippen LogP contribution is -2.48. The fourth-order valence-electron chi connectivity index (χ4n) is 3.79. The van der Waals surface area contributed by atoms with Crippen LogP contribution in [0.25, 0.3) is 0 Å². The molecule has 0 unspecified atom stereocenters. The van der Waals surface area contributed by atoms with Crippen LogP contribution in [-0.2, 0) is 11.3 Å². The SMILES string of the molecule is CN(Cc1ccc(Cl)s1)C(=O)[C@@]12CCCC[C@H]1CNC2.Cl. The van der Waals surface area contributed by atoms with Crippen molar-refractivity contribution in [3.63, 3.8) is 0 Å². The monoisotopic (exact) mass is 348 g/mol. The van der Waals surface area contributed by atoms with Crippen LogP contribution in [0, 0.1) is 11.3 Å². The molecule has 1 aromatic rings. The fraction of sp³-hybridized carbons (Fsp3) is 0.667. The van der Waals surface area contributed by atoms with Crippen LogP contribution in [0.5, 0.6) is 0 Å². The van der Waals surface area contributed by atoms with Gasteiger partial charge in [0.2, 0.25) is 5.91 Å². The largest absolute Gasteiger partial charge is 0.340 e. The molecular formula is C15H22Cl2N2OS. The summed E-state index contributed by atoms with van der Waals surface area (Å²) in [4.78, 5) is 16.0. The van der Waals surface area contributed by atoms with E-state index in [9.17, 15) is 4.79 Å². The van der Waals surface area contributed by atoms with Gasteiger partial charge >= 0.3 is 0 Å². The lowest BCUT2D eigenvalue weighted by Gasteiger charge is -2.39. The quantitative estimate of drug-likeness (QED) is 0.905. The van der Waals surface area contributed by atoms with Crippen molar-refractivity contribution in [1.29, 1.82) is 0 Å². The van der Waals surface area contributed by atoms with Crippen molar-refractivity contribution in [2.75, 3.05) is 20.1 Å². The highest BCUT2D eigenvalue weighted by atomic mass is 35.5. The highest BCUT2D eigenvalue weighted by Crippen LogP contribution is 2.45. The number of carbonyl (C=O) groups excluding carboxylic acids is 1. The minimum atomic E-state index is -0.145. The zero-order chi connectivity index (χ0) is 14.2. The number of nitrogens with one attached hydrogen (secondary N) is 1. The number of fused-ring (bicyclic) bond motifs is 1. The van der Waals surface area contributed by atoms with Crippen molar-refractivity contribution in [3.05, 3.63) is 21.3 Å². The summed E-state index contributed by atoms with van der Waals surface area (Å²) in [6, 6.07) is 3.92. The summed E-state index contributed by atoms with van der Waals surface area (Å²) in [7, 11) is 1.93. The van der Waals surface area contributed by atoms with E-state index in [-0.39, 0.29) is 17.8 Å². The number of halogens is 2. The summed E-state index contributed by atoms with van der Waals surface area (Å²) in [6.07, 6.45) is 4.69. The van der Waals surface area contributed by atoms with Crippen molar-refractivity contribution in [1.82, 2.24) is 10.2 Å². The molecule has 0 radical (unpaired) electrons. The van der Waals surface area contributed by atoms with E-state index in [1.54, 1.807) is 11.3 Å². The molecule has 2 fully saturated rings. The first kappa shape index (κ1) is 17.1. The Labute approximate surface area is 141 Å². The van der Waals surface area contributed by atoms with E-state index in [4.69, 9.17) is 11.6 Å². The molecule has 1 aliphatic heterocycles. The summed E-state index contributed by atoms with van der Waals surface area (Å²) in [5, 5.41) is 3.44. The normalized spacial score (nSPS) is 27.8. The molecule has 1 aromatic heterocycles. The van der Waals surface area contributed by atoms with Crippen molar-refractivity contribution in [3.8, 4) is 0 Å². The first-order valence-corrected chi connectivity index (χ1v) is 8.52. The van der Waals surface area contributed by atoms with Gasteiger partial charge in [0.25, 0.3) is 0 Å². The van der Waals surface area contributed by atoms with Crippen LogP contribution >= 0.6 is 35.3 Å². The third-order valence-electron chi connectivity index (χ3n) is 4.83. The minimum Gasteiger partial charge on any atom is -0.340 e. The standard InChI is InChI=1S/C15H21ClN2OS.ClH/c1-18(9-12-5-6-13(16)20-12)14(19)15-7-3-2-4-11(15)8-17-10-15;/h5-6,11,17H,2-4,7-10H2,1H3;1H/t11-,15+;/m0./s1. The first-order chi connectivity index (χ1) is 9.62. The van der Waals surface area contributed by atoms with Crippen LogP contribution in [-0.4, -0.2) is 30.9 Å². The smallest absolute Gasteiger partial charge is 0.230 e. The van der Waals surface area contributed by atoms with Gasteiger partial charge in [0.05, 0.1) is 16.3 Å². The van der Waals surface area contributed by atoms with Crippen LogP contribution in [0.1, 0.15) is 30.6 Å². The molecule has 3 rings (SSSR count). The molecule has 2 atom stereocenters. The molecule has 0 spiro atoms. The molecule has 0 bridgehead atoms. The van der Waals surface area contributed by atoms with Gasteiger partial charge in [0, 0.05) is 18.5 Å². The minimum absolute atomic E-state index is 0. The maximum atomic E-state index is 13.0. The van der Waals surface area contributed by atoms with E-state index in [0.29, 0.717) is 18.4 Å². The first-order valence-electron chi connectivity index (χ1n) is 7.32. The second-order valence-corrected chi connectivity index (χ2v) is 7.90. The Hall–Kier alpha value is -0.290. The van der Waals surface area contributed by atoms with Gasteiger partial charge in [-0.05, 0) is 37.4 Å². The second kappa shape index (κ2) is 6.86. The Bertz CT molecular complexity index is 508. The molecule has 2 heterocycles. The van der Waals surface area contributed by atoms with E-state index in [2.05, 4.69) is 5.32 Å². The van der Waals surface area contributed by atoms with E-state index >= 15 is 0 Å². The highest BCUT2D eigenvalue weighted by Gasteiger charge is 2.50. The number of rotatable bonds is 3. The molecule has 1 aliphatic carbocycles. The Morgan fingerprint density at radius 2 is 2.33 bits per heavy atom. The maximum absolute atomic E-state index is 13.0. The molecule has 1 saturated carbocycles. The van der Waals surface area contributed by atoms with Crippen molar-refractivity contribution in [2.24, 2.45) is 11.3 Å². The van der Waals surface area contributed by atoms with E-state index < -0.39 is 0 Å².